The van der Waals surface area contributed by atoms with E-state index in [4.69, 9.17) is 4.74 Å². The highest BCUT2D eigenvalue weighted by Gasteiger charge is 2.13. The normalized spacial score (nSPS) is 10.5. The molecule has 3 rings (SSSR count). The zero-order valence-corrected chi connectivity index (χ0v) is 13.0. The van der Waals surface area contributed by atoms with Crippen molar-refractivity contribution in [2.45, 2.75) is 20.5 Å². The van der Waals surface area contributed by atoms with E-state index in [1.54, 1.807) is 6.07 Å². The van der Waals surface area contributed by atoms with E-state index in [1.165, 1.54) is 0 Å². The van der Waals surface area contributed by atoms with Gasteiger partial charge in [-0.1, -0.05) is 12.1 Å². The number of rotatable bonds is 3. The van der Waals surface area contributed by atoms with E-state index in [1.807, 2.05) is 61.0 Å². The molecule has 0 atom stereocenters. The molecular weight excluding hydrogens is 288 g/mol. The average molecular weight is 304 g/mol. The van der Waals surface area contributed by atoms with Crippen molar-refractivity contribution in [1.82, 2.24) is 4.40 Å². The fourth-order valence-electron chi connectivity index (χ4n) is 2.51. The summed E-state index contributed by atoms with van der Waals surface area (Å²) in [4.78, 5) is 12.2. The van der Waals surface area contributed by atoms with Crippen molar-refractivity contribution < 1.29 is 9.53 Å². The fourth-order valence-corrected chi connectivity index (χ4v) is 2.51. The lowest BCUT2D eigenvalue weighted by atomic mass is 10.1. The monoisotopic (exact) mass is 304 g/mol. The van der Waals surface area contributed by atoms with E-state index < -0.39 is 0 Å². The van der Waals surface area contributed by atoms with Gasteiger partial charge in [0.15, 0.2) is 0 Å². The summed E-state index contributed by atoms with van der Waals surface area (Å²) in [5.74, 6) is -0.382. The van der Waals surface area contributed by atoms with Gasteiger partial charge in [-0.05, 0) is 49.2 Å². The Labute approximate surface area is 134 Å². The molecule has 0 fully saturated rings. The molecule has 4 heteroatoms. The van der Waals surface area contributed by atoms with Crippen LogP contribution in [0.3, 0.4) is 0 Å². The van der Waals surface area contributed by atoms with Crippen LogP contribution in [0.25, 0.3) is 5.52 Å². The van der Waals surface area contributed by atoms with E-state index in [9.17, 15) is 10.1 Å². The summed E-state index contributed by atoms with van der Waals surface area (Å²) in [6.07, 6.45) is 3.69. The summed E-state index contributed by atoms with van der Waals surface area (Å²) in [6.45, 7) is 4.03. The minimum atomic E-state index is -0.382. The molecular formula is C19H16N2O2. The summed E-state index contributed by atoms with van der Waals surface area (Å²) in [6, 6.07) is 13.3. The van der Waals surface area contributed by atoms with Crippen molar-refractivity contribution in [3.8, 4) is 6.07 Å². The van der Waals surface area contributed by atoms with Crippen LogP contribution >= 0.6 is 0 Å². The molecule has 114 valence electrons. The van der Waals surface area contributed by atoms with Gasteiger partial charge in [-0.3, -0.25) is 0 Å². The molecule has 1 aromatic carbocycles. The van der Waals surface area contributed by atoms with Crippen LogP contribution in [0.15, 0.2) is 48.8 Å². The van der Waals surface area contributed by atoms with Crippen molar-refractivity contribution in [1.29, 1.82) is 5.26 Å². The minimum absolute atomic E-state index is 0.0797. The molecule has 0 spiro atoms. The summed E-state index contributed by atoms with van der Waals surface area (Å²) in [7, 11) is 0. The Morgan fingerprint density at radius 1 is 1.22 bits per heavy atom. The first-order valence-electron chi connectivity index (χ1n) is 7.33. The molecule has 2 aromatic heterocycles. The molecule has 0 aliphatic rings. The number of pyridine rings is 1. The quantitative estimate of drug-likeness (QED) is 0.692. The topological polar surface area (TPSA) is 54.5 Å². The third kappa shape index (κ3) is 2.82. The Bertz CT molecular complexity index is 932. The Morgan fingerprint density at radius 3 is 2.78 bits per heavy atom. The third-order valence-corrected chi connectivity index (χ3v) is 3.98. The summed E-state index contributed by atoms with van der Waals surface area (Å²) in [5.41, 5.74) is 4.76. The molecule has 0 aliphatic carbocycles. The van der Waals surface area contributed by atoms with E-state index in [2.05, 4.69) is 6.07 Å². The Kier molecular flexibility index (Phi) is 3.86. The largest absolute Gasteiger partial charge is 0.457 e. The van der Waals surface area contributed by atoms with Gasteiger partial charge in [0.25, 0.3) is 0 Å². The lowest BCUT2D eigenvalue weighted by Gasteiger charge is -2.06. The number of hydrogen-bond donors (Lipinski definition) is 0. The standard InChI is InChI=1S/C19H16N2O2/c1-13-6-7-15(9-14(13)2)19(22)23-12-16-11-21-8-4-3-5-18(21)17(16)10-20/h3-9,11H,12H2,1-2H3. The van der Waals surface area contributed by atoms with E-state index in [-0.39, 0.29) is 12.6 Å². The van der Waals surface area contributed by atoms with Crippen LogP contribution in [-0.4, -0.2) is 10.4 Å². The van der Waals surface area contributed by atoms with Gasteiger partial charge < -0.3 is 9.14 Å². The second-order valence-electron chi connectivity index (χ2n) is 5.51. The predicted molar refractivity (Wildman–Crippen MR) is 87.1 cm³/mol. The molecule has 0 aliphatic heterocycles. The molecule has 0 saturated carbocycles. The van der Waals surface area contributed by atoms with Gasteiger partial charge in [0.2, 0.25) is 0 Å². The van der Waals surface area contributed by atoms with Crippen molar-refractivity contribution in [2.75, 3.05) is 0 Å². The van der Waals surface area contributed by atoms with E-state index in [0.717, 1.165) is 16.6 Å². The number of benzene rings is 1. The van der Waals surface area contributed by atoms with Crippen LogP contribution in [0.4, 0.5) is 0 Å². The highest BCUT2D eigenvalue weighted by Crippen LogP contribution is 2.19. The third-order valence-electron chi connectivity index (χ3n) is 3.98. The maximum atomic E-state index is 12.2. The number of nitriles is 1. The minimum Gasteiger partial charge on any atom is -0.457 e. The number of carbonyl (C=O) groups excluding carboxylic acids is 1. The summed E-state index contributed by atoms with van der Waals surface area (Å²) < 4.78 is 7.24. The number of aryl methyl sites for hydroxylation is 2. The van der Waals surface area contributed by atoms with Crippen LogP contribution in [0.2, 0.25) is 0 Å². The lowest BCUT2D eigenvalue weighted by molar-refractivity contribution is 0.0472. The number of nitrogens with zero attached hydrogens (tertiary/aromatic N) is 2. The molecule has 3 aromatic rings. The van der Waals surface area contributed by atoms with Gasteiger partial charge in [0.1, 0.15) is 12.7 Å². The molecule has 0 amide bonds. The van der Waals surface area contributed by atoms with Crippen LogP contribution in [0, 0.1) is 25.2 Å². The number of fused-ring (bicyclic) bond motifs is 1. The predicted octanol–water partition coefficient (Wildman–Crippen LogP) is 3.78. The van der Waals surface area contributed by atoms with Crippen molar-refractivity contribution in [2.24, 2.45) is 0 Å². The maximum absolute atomic E-state index is 12.2. The Hall–Kier alpha value is -3.06. The van der Waals surface area contributed by atoms with Gasteiger partial charge in [-0.15, -0.1) is 0 Å². The van der Waals surface area contributed by atoms with Crippen molar-refractivity contribution in [3.63, 3.8) is 0 Å². The maximum Gasteiger partial charge on any atom is 0.338 e. The number of esters is 1. The second kappa shape index (κ2) is 5.98. The van der Waals surface area contributed by atoms with Gasteiger partial charge in [-0.2, -0.15) is 5.26 Å². The highest BCUT2D eigenvalue weighted by atomic mass is 16.5. The van der Waals surface area contributed by atoms with Gasteiger partial charge in [0, 0.05) is 18.0 Å². The number of carbonyl (C=O) groups is 1. The molecule has 0 N–H and O–H groups in total. The lowest BCUT2D eigenvalue weighted by Crippen LogP contribution is -2.06. The van der Waals surface area contributed by atoms with Crippen molar-refractivity contribution in [3.05, 3.63) is 76.6 Å². The summed E-state index contributed by atoms with van der Waals surface area (Å²) in [5, 5.41) is 9.35. The van der Waals surface area contributed by atoms with Gasteiger partial charge in [-0.25, -0.2) is 4.79 Å². The molecule has 4 nitrogen and oxygen atoms in total. The first-order chi connectivity index (χ1) is 11.1. The number of hydrogen-bond acceptors (Lipinski definition) is 3. The average Bonchev–Trinajstić information content (AvgIpc) is 2.92. The Morgan fingerprint density at radius 2 is 2.04 bits per heavy atom. The molecule has 23 heavy (non-hydrogen) atoms. The Balaban J connectivity index is 1.82. The second-order valence-corrected chi connectivity index (χ2v) is 5.51. The molecule has 0 saturated heterocycles. The van der Waals surface area contributed by atoms with Gasteiger partial charge in [0.05, 0.1) is 16.6 Å². The van der Waals surface area contributed by atoms with Gasteiger partial charge >= 0.3 is 5.97 Å². The smallest absolute Gasteiger partial charge is 0.338 e. The first kappa shape index (κ1) is 14.9. The first-order valence-corrected chi connectivity index (χ1v) is 7.33. The SMILES string of the molecule is Cc1ccc(C(=O)OCc2cn3ccccc3c2C#N)cc1C. The zero-order chi connectivity index (χ0) is 16.4. The van der Waals surface area contributed by atoms with Crippen LogP contribution < -0.4 is 0 Å². The molecule has 0 unspecified atom stereocenters. The van der Waals surface area contributed by atoms with Crippen LogP contribution in [0.5, 0.6) is 0 Å². The van der Waals surface area contributed by atoms with E-state index >= 15 is 0 Å². The number of aromatic nitrogens is 1. The van der Waals surface area contributed by atoms with Crippen molar-refractivity contribution >= 4 is 11.5 Å². The summed E-state index contributed by atoms with van der Waals surface area (Å²) >= 11 is 0. The highest BCUT2D eigenvalue weighted by molar-refractivity contribution is 5.89. The fraction of sp³-hybridized carbons (Fsp3) is 0.158. The molecule has 0 radical (unpaired) electrons. The zero-order valence-electron chi connectivity index (χ0n) is 13.0. The molecule has 0 bridgehead atoms. The number of ether oxygens (including phenoxy) is 1. The van der Waals surface area contributed by atoms with E-state index in [0.29, 0.717) is 16.7 Å². The molecule has 2 heterocycles. The van der Waals surface area contributed by atoms with Crippen LogP contribution in [0.1, 0.15) is 32.6 Å². The van der Waals surface area contributed by atoms with Crippen LogP contribution in [-0.2, 0) is 11.3 Å².